The van der Waals surface area contributed by atoms with Crippen LogP contribution in [0.2, 0.25) is 5.02 Å². The van der Waals surface area contributed by atoms with E-state index in [9.17, 15) is 24.5 Å². The molecule has 0 aromatic heterocycles. The van der Waals surface area contributed by atoms with Gasteiger partial charge in [0.05, 0.1) is 15.6 Å². The van der Waals surface area contributed by atoms with Gasteiger partial charge in [-0.25, -0.2) is 0 Å². The zero-order valence-electron chi connectivity index (χ0n) is 17.5. The van der Waals surface area contributed by atoms with Gasteiger partial charge in [-0.05, 0) is 18.9 Å². The number of esters is 1. The van der Waals surface area contributed by atoms with Crippen molar-refractivity contribution >= 4 is 40.8 Å². The van der Waals surface area contributed by atoms with Gasteiger partial charge in [-0.15, -0.1) is 0 Å². The monoisotopic (exact) mass is 461 g/mol. The molecule has 0 spiro atoms. The summed E-state index contributed by atoms with van der Waals surface area (Å²) < 4.78 is 5.45. The molecule has 0 heterocycles. The minimum absolute atomic E-state index is 0.00939. The highest BCUT2D eigenvalue weighted by atomic mass is 35.5. The molecule has 170 valence electrons. The molecule has 32 heavy (non-hydrogen) atoms. The van der Waals surface area contributed by atoms with E-state index in [1.807, 2.05) is 0 Å². The van der Waals surface area contributed by atoms with Crippen LogP contribution in [-0.4, -0.2) is 29.3 Å². The molecule has 1 unspecified atom stereocenters. The molecular weight excluding hydrogens is 438 g/mol. The first-order chi connectivity index (χ1) is 15.3. The molecule has 2 aromatic carbocycles. The highest BCUT2D eigenvalue weighted by molar-refractivity contribution is 6.34. The molecule has 2 aromatic rings. The molecule has 9 nitrogen and oxygen atoms in total. The number of amides is 2. The highest BCUT2D eigenvalue weighted by Crippen LogP contribution is 2.28. The summed E-state index contributed by atoms with van der Waals surface area (Å²) in [6, 6.07) is 12.2. The van der Waals surface area contributed by atoms with Crippen LogP contribution < -0.4 is 10.6 Å². The molecule has 0 bridgehead atoms. The van der Waals surface area contributed by atoms with Gasteiger partial charge in [0.1, 0.15) is 0 Å². The Bertz CT molecular complexity index is 967. The van der Waals surface area contributed by atoms with Gasteiger partial charge < -0.3 is 15.4 Å². The van der Waals surface area contributed by atoms with Crippen molar-refractivity contribution in [1.29, 1.82) is 0 Å². The average molecular weight is 462 g/mol. The Balaban J connectivity index is 2.01. The number of unbranched alkanes of at least 4 members (excludes halogenated alkanes) is 2. The normalized spacial score (nSPS) is 11.3. The summed E-state index contributed by atoms with van der Waals surface area (Å²) in [5.41, 5.74) is 0.428. The van der Waals surface area contributed by atoms with Crippen molar-refractivity contribution in [3.8, 4) is 0 Å². The molecule has 0 saturated carbocycles. The van der Waals surface area contributed by atoms with Gasteiger partial charge in [-0.3, -0.25) is 24.5 Å². The van der Waals surface area contributed by atoms with E-state index in [1.165, 1.54) is 19.1 Å². The van der Waals surface area contributed by atoms with Crippen LogP contribution in [0.3, 0.4) is 0 Å². The Morgan fingerprint density at radius 2 is 1.81 bits per heavy atom. The molecule has 2 N–H and O–H groups in total. The minimum Gasteiger partial charge on any atom is -0.447 e. The minimum atomic E-state index is -1.21. The van der Waals surface area contributed by atoms with E-state index in [2.05, 4.69) is 10.6 Å². The number of nitrogens with zero attached hydrogens (tertiary/aromatic N) is 1. The van der Waals surface area contributed by atoms with Gasteiger partial charge in [0.25, 0.3) is 11.6 Å². The largest absolute Gasteiger partial charge is 0.447 e. The fourth-order valence-corrected chi connectivity index (χ4v) is 3.07. The third-order valence-electron chi connectivity index (χ3n) is 4.44. The van der Waals surface area contributed by atoms with E-state index >= 15 is 0 Å². The Labute approximate surface area is 190 Å². The van der Waals surface area contributed by atoms with Crippen LogP contribution in [0, 0.1) is 10.1 Å². The lowest BCUT2D eigenvalue weighted by molar-refractivity contribution is -0.384. The van der Waals surface area contributed by atoms with Crippen molar-refractivity contribution in [3.63, 3.8) is 0 Å². The lowest BCUT2D eigenvalue weighted by atomic mass is 10.1. The maximum Gasteiger partial charge on any atom is 0.306 e. The van der Waals surface area contributed by atoms with Crippen molar-refractivity contribution in [2.75, 3.05) is 11.9 Å². The van der Waals surface area contributed by atoms with E-state index in [1.54, 1.807) is 30.3 Å². The third kappa shape index (κ3) is 7.99. The van der Waals surface area contributed by atoms with Gasteiger partial charge in [-0.1, -0.05) is 48.4 Å². The van der Waals surface area contributed by atoms with E-state index in [-0.39, 0.29) is 28.7 Å². The van der Waals surface area contributed by atoms with Crippen LogP contribution in [0.4, 0.5) is 11.4 Å². The number of ether oxygens (including phenoxy) is 1. The van der Waals surface area contributed by atoms with Crippen LogP contribution >= 0.6 is 11.6 Å². The molecule has 0 aliphatic rings. The zero-order chi connectivity index (χ0) is 23.5. The first-order valence-electron chi connectivity index (χ1n) is 10.0. The molecule has 10 heteroatoms. The molecular formula is C22H24ClN3O6. The second-order valence-corrected chi connectivity index (χ2v) is 7.39. The lowest BCUT2D eigenvalue weighted by Crippen LogP contribution is -2.26. The number of carbonyl (C=O) groups is 3. The lowest BCUT2D eigenvalue weighted by Gasteiger charge is -2.18. The fourth-order valence-electron chi connectivity index (χ4n) is 2.84. The molecule has 0 aliphatic carbocycles. The van der Waals surface area contributed by atoms with Crippen LogP contribution in [0.25, 0.3) is 0 Å². The summed E-state index contributed by atoms with van der Waals surface area (Å²) in [5.74, 6) is -1.27. The van der Waals surface area contributed by atoms with Gasteiger partial charge in [-0.2, -0.15) is 0 Å². The highest BCUT2D eigenvalue weighted by Gasteiger charge is 2.26. The van der Waals surface area contributed by atoms with Crippen molar-refractivity contribution in [2.45, 2.75) is 38.7 Å². The number of nitro groups is 1. The van der Waals surface area contributed by atoms with Crippen molar-refractivity contribution < 1.29 is 24.0 Å². The average Bonchev–Trinajstić information content (AvgIpc) is 2.76. The molecule has 0 aliphatic heterocycles. The second-order valence-electron chi connectivity index (χ2n) is 6.98. The topological polar surface area (TPSA) is 128 Å². The molecule has 2 rings (SSSR count). The third-order valence-corrected chi connectivity index (χ3v) is 4.76. The summed E-state index contributed by atoms with van der Waals surface area (Å²) in [7, 11) is 0. The van der Waals surface area contributed by atoms with E-state index < -0.39 is 22.9 Å². The maximum absolute atomic E-state index is 12.9. The summed E-state index contributed by atoms with van der Waals surface area (Å²) >= 11 is 6.05. The number of halogens is 1. The first-order valence-corrected chi connectivity index (χ1v) is 10.4. The molecule has 2 amide bonds. The quantitative estimate of drug-likeness (QED) is 0.224. The number of hydrogen-bond donors (Lipinski definition) is 2. The number of nitrogens with one attached hydrogen (secondary N) is 2. The number of rotatable bonds is 11. The smallest absolute Gasteiger partial charge is 0.306 e. The first kappa shape index (κ1) is 24.8. The number of carbonyl (C=O) groups excluding carboxylic acids is 3. The summed E-state index contributed by atoms with van der Waals surface area (Å²) in [6.45, 7) is 1.98. The van der Waals surface area contributed by atoms with Crippen molar-refractivity contribution in [3.05, 3.63) is 69.2 Å². The van der Waals surface area contributed by atoms with Crippen molar-refractivity contribution in [2.24, 2.45) is 0 Å². The van der Waals surface area contributed by atoms with E-state index in [0.29, 0.717) is 18.5 Å². The second kappa shape index (κ2) is 12.4. The van der Waals surface area contributed by atoms with Crippen LogP contribution in [0.15, 0.2) is 48.5 Å². The molecule has 1 atom stereocenters. The SMILES string of the molecule is CC(=O)NCCCCCC(=O)OC(C(=O)Nc1ccc([N+](=O)[O-])cc1Cl)c1ccccc1. The van der Waals surface area contributed by atoms with Crippen molar-refractivity contribution in [1.82, 2.24) is 5.32 Å². The number of benzene rings is 2. The van der Waals surface area contributed by atoms with Gasteiger partial charge in [0.2, 0.25) is 12.0 Å². The van der Waals surface area contributed by atoms with E-state index in [0.717, 1.165) is 18.9 Å². The summed E-state index contributed by atoms with van der Waals surface area (Å²) in [5, 5.41) is 16.1. The Hall–Kier alpha value is -3.46. The zero-order valence-corrected chi connectivity index (χ0v) is 18.3. The molecule has 0 saturated heterocycles. The molecule has 0 fully saturated rings. The number of hydrogen-bond acceptors (Lipinski definition) is 6. The Kier molecular flexibility index (Phi) is 9.62. The standard InChI is InChI=1S/C22H24ClN3O6/c1-15(27)24-13-7-3-6-10-20(28)32-21(16-8-4-2-5-9-16)22(29)25-19-12-11-17(26(30)31)14-18(19)23/h2,4-5,8-9,11-12,14,21H,3,6-7,10,13H2,1H3,(H,24,27)(H,25,29). The predicted octanol–water partition coefficient (Wildman–Crippen LogP) is 4.17. The van der Waals surface area contributed by atoms with Gasteiger partial charge >= 0.3 is 5.97 Å². The number of anilines is 1. The van der Waals surface area contributed by atoms with Gasteiger partial charge in [0, 0.05) is 37.6 Å². The summed E-state index contributed by atoms with van der Waals surface area (Å²) in [6.07, 6.45) is 0.906. The Morgan fingerprint density at radius 3 is 2.44 bits per heavy atom. The fraction of sp³-hybridized carbons (Fsp3) is 0.318. The number of non-ortho nitro benzene ring substituents is 1. The predicted molar refractivity (Wildman–Crippen MR) is 119 cm³/mol. The van der Waals surface area contributed by atoms with Crippen LogP contribution in [-0.2, 0) is 19.1 Å². The van der Waals surface area contributed by atoms with Crippen LogP contribution in [0.1, 0.15) is 44.3 Å². The Morgan fingerprint density at radius 1 is 1.09 bits per heavy atom. The number of nitro benzene ring substituents is 1. The van der Waals surface area contributed by atoms with Gasteiger partial charge in [0.15, 0.2) is 0 Å². The van der Waals surface area contributed by atoms with E-state index in [4.69, 9.17) is 16.3 Å². The maximum atomic E-state index is 12.9. The molecule has 0 radical (unpaired) electrons. The van der Waals surface area contributed by atoms with Crippen LogP contribution in [0.5, 0.6) is 0 Å². The summed E-state index contributed by atoms with van der Waals surface area (Å²) in [4.78, 5) is 46.3.